The summed E-state index contributed by atoms with van der Waals surface area (Å²) in [5, 5.41) is 4.29. The lowest BCUT2D eigenvalue weighted by atomic mass is 9.92. The van der Waals surface area contributed by atoms with Crippen molar-refractivity contribution in [3.8, 4) is 0 Å². The largest absolute Gasteiger partial charge is 0.416 e. The Labute approximate surface area is 184 Å². The number of rotatable bonds is 2. The number of halogens is 3. The number of H-pyrrole nitrogens is 1. The maximum absolute atomic E-state index is 13.3. The van der Waals surface area contributed by atoms with E-state index < -0.39 is 17.8 Å². The van der Waals surface area contributed by atoms with E-state index in [1.807, 2.05) is 24.3 Å². The highest BCUT2D eigenvalue weighted by atomic mass is 19.4. The fraction of sp³-hybridized carbons (Fsp3) is 0.400. The molecule has 4 nitrogen and oxygen atoms in total. The van der Waals surface area contributed by atoms with E-state index >= 15 is 0 Å². The summed E-state index contributed by atoms with van der Waals surface area (Å²) < 4.78 is 39.4. The third kappa shape index (κ3) is 3.85. The van der Waals surface area contributed by atoms with Gasteiger partial charge in [0.2, 0.25) is 0 Å². The van der Waals surface area contributed by atoms with Crippen molar-refractivity contribution < 1.29 is 18.0 Å². The van der Waals surface area contributed by atoms with Crippen molar-refractivity contribution in [2.75, 3.05) is 6.54 Å². The molecule has 1 atom stereocenters. The molecule has 5 rings (SSSR count). The molecule has 1 fully saturated rings. The minimum absolute atomic E-state index is 0.147. The lowest BCUT2D eigenvalue weighted by Crippen LogP contribution is -2.49. The van der Waals surface area contributed by atoms with Crippen molar-refractivity contribution in [2.45, 2.75) is 56.8 Å². The molecule has 1 aliphatic heterocycles. The molecule has 0 saturated heterocycles. The Hall–Kier alpha value is -2.96. The fourth-order valence-corrected chi connectivity index (χ4v) is 5.17. The second-order valence-electron chi connectivity index (χ2n) is 8.81. The smallest absolute Gasteiger partial charge is 0.356 e. The summed E-state index contributed by atoms with van der Waals surface area (Å²) in [6.07, 6.45) is 1.68. The first-order valence-corrected chi connectivity index (χ1v) is 11.3. The van der Waals surface area contributed by atoms with E-state index in [9.17, 15) is 18.0 Å². The number of urea groups is 1. The number of aromatic amines is 1. The molecule has 2 N–H and O–H groups in total. The van der Waals surface area contributed by atoms with Gasteiger partial charge in [0.05, 0.1) is 11.6 Å². The van der Waals surface area contributed by atoms with Gasteiger partial charge in [0, 0.05) is 29.2 Å². The monoisotopic (exact) mass is 441 g/mol. The van der Waals surface area contributed by atoms with Gasteiger partial charge in [0.1, 0.15) is 0 Å². The Balaban J connectivity index is 1.53. The summed E-state index contributed by atoms with van der Waals surface area (Å²) in [6.45, 7) is 0.513. The molecule has 1 unspecified atom stereocenters. The number of benzene rings is 2. The Bertz CT molecular complexity index is 1110. The van der Waals surface area contributed by atoms with E-state index in [0.717, 1.165) is 60.0 Å². The van der Waals surface area contributed by atoms with Gasteiger partial charge in [-0.2, -0.15) is 13.2 Å². The molecule has 1 aromatic heterocycles. The number of carbonyl (C=O) groups is 1. The van der Waals surface area contributed by atoms with Crippen molar-refractivity contribution >= 4 is 16.9 Å². The van der Waals surface area contributed by atoms with E-state index in [1.54, 1.807) is 4.90 Å². The van der Waals surface area contributed by atoms with Crippen LogP contribution in [0.4, 0.5) is 18.0 Å². The SMILES string of the molecule is O=C(NC1CCCCC1)N1CCc2c([nH]c3ccccc23)C1c1ccc(C(F)(F)F)cc1. The van der Waals surface area contributed by atoms with Crippen molar-refractivity contribution in [1.29, 1.82) is 0 Å². The van der Waals surface area contributed by atoms with Gasteiger partial charge in [-0.1, -0.05) is 49.6 Å². The first kappa shape index (κ1) is 20.9. The van der Waals surface area contributed by atoms with Crippen LogP contribution in [0, 0.1) is 0 Å². The number of nitrogens with zero attached hydrogens (tertiary/aromatic N) is 1. The number of amides is 2. The van der Waals surface area contributed by atoms with Crippen LogP contribution >= 0.6 is 0 Å². The lowest BCUT2D eigenvalue weighted by molar-refractivity contribution is -0.137. The van der Waals surface area contributed by atoms with Crippen molar-refractivity contribution in [3.63, 3.8) is 0 Å². The molecule has 0 radical (unpaired) electrons. The van der Waals surface area contributed by atoms with Gasteiger partial charge in [0.15, 0.2) is 0 Å². The third-order valence-electron chi connectivity index (χ3n) is 6.78. The molecule has 0 bridgehead atoms. The molecular formula is C25H26F3N3O. The molecule has 7 heteroatoms. The van der Waals surface area contributed by atoms with Crippen LogP contribution in [0.2, 0.25) is 0 Å². The van der Waals surface area contributed by atoms with E-state index in [2.05, 4.69) is 10.3 Å². The minimum atomic E-state index is -4.39. The number of hydrogen-bond acceptors (Lipinski definition) is 1. The van der Waals surface area contributed by atoms with Gasteiger partial charge in [-0.25, -0.2) is 4.79 Å². The predicted molar refractivity (Wildman–Crippen MR) is 117 cm³/mol. The zero-order valence-corrected chi connectivity index (χ0v) is 17.7. The number of fused-ring (bicyclic) bond motifs is 3. The summed E-state index contributed by atoms with van der Waals surface area (Å²) in [5.74, 6) is 0. The molecule has 2 amide bonds. The molecule has 32 heavy (non-hydrogen) atoms. The fourth-order valence-electron chi connectivity index (χ4n) is 5.17. The third-order valence-corrected chi connectivity index (χ3v) is 6.78. The lowest BCUT2D eigenvalue weighted by Gasteiger charge is -2.37. The zero-order valence-electron chi connectivity index (χ0n) is 17.7. The van der Waals surface area contributed by atoms with Gasteiger partial charge in [0.25, 0.3) is 0 Å². The Morgan fingerprint density at radius 2 is 1.72 bits per heavy atom. The first-order chi connectivity index (χ1) is 15.4. The van der Waals surface area contributed by atoms with E-state index in [4.69, 9.17) is 0 Å². The molecule has 1 aliphatic carbocycles. The molecule has 168 valence electrons. The molecule has 2 heterocycles. The van der Waals surface area contributed by atoms with Crippen LogP contribution in [-0.4, -0.2) is 28.5 Å². The number of para-hydroxylation sites is 1. The van der Waals surface area contributed by atoms with Crippen LogP contribution in [0.5, 0.6) is 0 Å². The number of hydrogen-bond donors (Lipinski definition) is 2. The average Bonchev–Trinajstić information content (AvgIpc) is 3.17. The van der Waals surface area contributed by atoms with Crippen LogP contribution < -0.4 is 5.32 Å². The second-order valence-corrected chi connectivity index (χ2v) is 8.81. The normalized spacial score (nSPS) is 19.7. The summed E-state index contributed by atoms with van der Waals surface area (Å²) in [7, 11) is 0. The molecule has 0 spiro atoms. The maximum atomic E-state index is 13.3. The van der Waals surface area contributed by atoms with E-state index in [-0.39, 0.29) is 12.1 Å². The van der Waals surface area contributed by atoms with Crippen molar-refractivity contribution in [2.24, 2.45) is 0 Å². The standard InChI is InChI=1S/C25H26F3N3O/c26-25(27,28)17-12-10-16(11-13-17)23-22-20(19-8-4-5-9-21(19)30-22)14-15-31(23)24(32)29-18-6-2-1-3-7-18/h4-5,8-13,18,23,30H,1-3,6-7,14-15H2,(H,29,32). The van der Waals surface area contributed by atoms with Crippen molar-refractivity contribution in [3.05, 3.63) is 70.9 Å². The van der Waals surface area contributed by atoms with Gasteiger partial charge >= 0.3 is 12.2 Å². The average molecular weight is 441 g/mol. The van der Waals surface area contributed by atoms with E-state index in [0.29, 0.717) is 18.5 Å². The maximum Gasteiger partial charge on any atom is 0.416 e. The van der Waals surface area contributed by atoms with Gasteiger partial charge < -0.3 is 15.2 Å². The Kier molecular flexibility index (Phi) is 5.35. The topological polar surface area (TPSA) is 48.1 Å². The van der Waals surface area contributed by atoms with Crippen LogP contribution in [0.15, 0.2) is 48.5 Å². The Morgan fingerprint density at radius 1 is 1.00 bits per heavy atom. The molecule has 2 aliphatic rings. The highest BCUT2D eigenvalue weighted by Crippen LogP contribution is 2.39. The summed E-state index contributed by atoms with van der Waals surface area (Å²) in [6, 6.07) is 12.7. The second kappa shape index (κ2) is 8.19. The van der Waals surface area contributed by atoms with Crippen LogP contribution in [-0.2, 0) is 12.6 Å². The summed E-state index contributed by atoms with van der Waals surface area (Å²) in [5.41, 5.74) is 2.98. The number of alkyl halides is 3. The summed E-state index contributed by atoms with van der Waals surface area (Å²) in [4.78, 5) is 18.5. The number of aromatic nitrogens is 1. The number of carbonyl (C=O) groups excluding carboxylic acids is 1. The van der Waals surface area contributed by atoms with Crippen LogP contribution in [0.25, 0.3) is 10.9 Å². The highest BCUT2D eigenvalue weighted by Gasteiger charge is 2.36. The predicted octanol–water partition coefficient (Wildman–Crippen LogP) is 6.18. The van der Waals surface area contributed by atoms with Gasteiger partial charge in [-0.05, 0) is 48.6 Å². The first-order valence-electron chi connectivity index (χ1n) is 11.3. The quantitative estimate of drug-likeness (QED) is 0.490. The zero-order chi connectivity index (χ0) is 22.3. The molecule has 1 saturated carbocycles. The van der Waals surface area contributed by atoms with Gasteiger partial charge in [-0.15, -0.1) is 0 Å². The summed E-state index contributed by atoms with van der Waals surface area (Å²) >= 11 is 0. The minimum Gasteiger partial charge on any atom is -0.356 e. The van der Waals surface area contributed by atoms with Gasteiger partial charge in [-0.3, -0.25) is 0 Å². The molecule has 2 aromatic carbocycles. The van der Waals surface area contributed by atoms with Crippen LogP contribution in [0.3, 0.4) is 0 Å². The number of nitrogens with one attached hydrogen (secondary N) is 2. The Morgan fingerprint density at radius 3 is 2.44 bits per heavy atom. The van der Waals surface area contributed by atoms with Crippen LogP contribution in [0.1, 0.15) is 60.5 Å². The molecular weight excluding hydrogens is 415 g/mol. The molecule has 3 aromatic rings. The van der Waals surface area contributed by atoms with E-state index in [1.165, 1.54) is 18.6 Å². The highest BCUT2D eigenvalue weighted by molar-refractivity contribution is 5.86. The van der Waals surface area contributed by atoms with Crippen molar-refractivity contribution in [1.82, 2.24) is 15.2 Å².